The number of fused-ring (bicyclic) bond motifs is 1. The van der Waals surface area contributed by atoms with Gasteiger partial charge in [0.25, 0.3) is 11.8 Å². The van der Waals surface area contributed by atoms with Crippen LogP contribution in [0.2, 0.25) is 0 Å². The third kappa shape index (κ3) is 2.88. The van der Waals surface area contributed by atoms with Crippen LogP contribution in [-0.2, 0) is 0 Å². The maximum Gasteiger partial charge on any atom is 0.335 e. The highest BCUT2D eigenvalue weighted by Crippen LogP contribution is 2.27. The number of furan rings is 1. The van der Waals surface area contributed by atoms with Crippen molar-refractivity contribution in [3.05, 3.63) is 82.6 Å². The second kappa shape index (κ2) is 6.62. The number of carbonyl (C=O) groups excluding carboxylic acids is 2. The molecule has 2 heterocycles. The van der Waals surface area contributed by atoms with E-state index in [2.05, 4.69) is 5.10 Å². The van der Waals surface area contributed by atoms with Gasteiger partial charge in [-0.3, -0.25) is 9.59 Å². The molecule has 7 nitrogen and oxygen atoms in total. The van der Waals surface area contributed by atoms with Crippen LogP contribution in [-0.4, -0.2) is 34.1 Å². The minimum Gasteiger partial charge on any atom is -0.478 e. The second-order valence-electron chi connectivity index (χ2n) is 6.25. The fourth-order valence-electron chi connectivity index (χ4n) is 3.04. The third-order valence-electron chi connectivity index (χ3n) is 4.44. The zero-order valence-electron chi connectivity index (χ0n) is 14.7. The first-order valence-corrected chi connectivity index (χ1v) is 8.41. The van der Waals surface area contributed by atoms with Gasteiger partial charge in [0, 0.05) is 5.56 Å². The average Bonchev–Trinajstić information content (AvgIpc) is 3.24. The molecule has 0 saturated heterocycles. The number of carboxylic acids is 1. The Morgan fingerprint density at radius 3 is 2.29 bits per heavy atom. The summed E-state index contributed by atoms with van der Waals surface area (Å²) in [4.78, 5) is 35.6. The molecule has 0 aliphatic carbocycles. The molecule has 0 saturated carbocycles. The molecular weight excluding hydrogens is 360 g/mol. The van der Waals surface area contributed by atoms with E-state index < -0.39 is 17.8 Å². The molecule has 0 bridgehead atoms. The van der Waals surface area contributed by atoms with E-state index in [-0.39, 0.29) is 5.56 Å². The average molecular weight is 374 g/mol. The molecule has 2 aromatic carbocycles. The molecule has 0 spiro atoms. The van der Waals surface area contributed by atoms with Crippen LogP contribution in [0.3, 0.4) is 0 Å². The van der Waals surface area contributed by atoms with E-state index >= 15 is 0 Å². The molecule has 1 aromatic heterocycles. The van der Waals surface area contributed by atoms with Gasteiger partial charge in [-0.25, -0.2) is 4.79 Å². The number of aromatic carboxylic acids is 1. The maximum absolute atomic E-state index is 12.3. The third-order valence-corrected chi connectivity index (χ3v) is 4.44. The van der Waals surface area contributed by atoms with Gasteiger partial charge in [-0.05, 0) is 48.9 Å². The summed E-state index contributed by atoms with van der Waals surface area (Å²) >= 11 is 0. The Morgan fingerprint density at radius 1 is 1.00 bits per heavy atom. The van der Waals surface area contributed by atoms with Gasteiger partial charge in [-0.2, -0.15) is 10.1 Å². The highest BCUT2D eigenvalue weighted by molar-refractivity contribution is 6.21. The molecule has 0 unspecified atom stereocenters. The molecule has 2 amide bonds. The lowest BCUT2D eigenvalue weighted by molar-refractivity contribution is 0.0656. The van der Waals surface area contributed by atoms with Crippen molar-refractivity contribution in [2.45, 2.75) is 6.92 Å². The van der Waals surface area contributed by atoms with Crippen molar-refractivity contribution >= 4 is 24.0 Å². The van der Waals surface area contributed by atoms with Crippen LogP contribution in [0.4, 0.5) is 0 Å². The first kappa shape index (κ1) is 17.4. The summed E-state index contributed by atoms with van der Waals surface area (Å²) in [7, 11) is 0. The van der Waals surface area contributed by atoms with Gasteiger partial charge in [0.05, 0.1) is 22.9 Å². The Balaban J connectivity index is 1.57. The first-order chi connectivity index (χ1) is 13.5. The minimum absolute atomic E-state index is 0.195. The molecule has 0 fully saturated rings. The number of hydrogen-bond donors (Lipinski definition) is 1. The number of rotatable bonds is 4. The molecule has 28 heavy (non-hydrogen) atoms. The van der Waals surface area contributed by atoms with Gasteiger partial charge in [-0.1, -0.05) is 18.2 Å². The summed E-state index contributed by atoms with van der Waals surface area (Å²) in [6.45, 7) is 1.79. The summed E-state index contributed by atoms with van der Waals surface area (Å²) < 4.78 is 5.71. The lowest BCUT2D eigenvalue weighted by atomic mass is 10.0. The van der Waals surface area contributed by atoms with Crippen LogP contribution in [0.15, 0.2) is 64.1 Å². The number of benzene rings is 2. The molecule has 138 valence electrons. The highest BCUT2D eigenvalue weighted by atomic mass is 16.4. The Kier molecular flexibility index (Phi) is 4.12. The number of carbonyl (C=O) groups is 3. The minimum atomic E-state index is -0.997. The van der Waals surface area contributed by atoms with Crippen molar-refractivity contribution in [1.29, 1.82) is 0 Å². The van der Waals surface area contributed by atoms with E-state index in [9.17, 15) is 14.4 Å². The van der Waals surface area contributed by atoms with Gasteiger partial charge in [0.1, 0.15) is 11.5 Å². The standard InChI is InChI=1S/C21H14N2O5/c1-12-10-13(21(26)27)6-8-15(12)18-9-7-14(28-18)11-22-23-19(24)16-4-2-3-5-17(16)20(23)25/h2-11H,1H3,(H,26,27)/b22-11-. The van der Waals surface area contributed by atoms with Gasteiger partial charge < -0.3 is 9.52 Å². The molecule has 0 atom stereocenters. The Bertz CT molecular complexity index is 1120. The number of aryl methyl sites for hydroxylation is 1. The second-order valence-corrected chi connectivity index (χ2v) is 6.25. The number of hydrogen-bond acceptors (Lipinski definition) is 5. The topological polar surface area (TPSA) is 100 Å². The Hall–Kier alpha value is -4.00. The molecule has 1 N–H and O–H groups in total. The van der Waals surface area contributed by atoms with Crippen molar-refractivity contribution in [3.63, 3.8) is 0 Å². The molecule has 1 aliphatic heterocycles. The quantitative estimate of drug-likeness (QED) is 0.556. The van der Waals surface area contributed by atoms with E-state index in [1.165, 1.54) is 12.3 Å². The van der Waals surface area contributed by atoms with Crippen LogP contribution in [0.25, 0.3) is 11.3 Å². The maximum atomic E-state index is 12.3. The van der Waals surface area contributed by atoms with E-state index in [1.54, 1.807) is 55.5 Å². The summed E-state index contributed by atoms with van der Waals surface area (Å²) in [5.74, 6) is -1.08. The number of imide groups is 1. The van der Waals surface area contributed by atoms with Crippen molar-refractivity contribution in [1.82, 2.24) is 5.01 Å². The lowest BCUT2D eigenvalue weighted by Crippen LogP contribution is -2.23. The highest BCUT2D eigenvalue weighted by Gasteiger charge is 2.35. The Labute approximate surface area is 159 Å². The van der Waals surface area contributed by atoms with Crippen LogP contribution >= 0.6 is 0 Å². The van der Waals surface area contributed by atoms with E-state index in [0.29, 0.717) is 22.6 Å². The molecule has 7 heteroatoms. The number of carboxylic acid groups (broad SMARTS) is 1. The SMILES string of the molecule is Cc1cc(C(=O)O)ccc1-c1ccc(/C=N\N2C(=O)c3ccccc3C2=O)o1. The smallest absolute Gasteiger partial charge is 0.335 e. The molecule has 1 aliphatic rings. The van der Waals surface area contributed by atoms with Crippen molar-refractivity contribution < 1.29 is 23.9 Å². The van der Waals surface area contributed by atoms with Crippen molar-refractivity contribution in [3.8, 4) is 11.3 Å². The first-order valence-electron chi connectivity index (χ1n) is 8.41. The van der Waals surface area contributed by atoms with Crippen molar-refractivity contribution in [2.24, 2.45) is 5.10 Å². The van der Waals surface area contributed by atoms with Crippen LogP contribution in [0.5, 0.6) is 0 Å². The predicted molar refractivity (Wildman–Crippen MR) is 100 cm³/mol. The number of nitrogens with zero attached hydrogens (tertiary/aromatic N) is 2. The Morgan fingerprint density at radius 2 is 1.68 bits per heavy atom. The zero-order chi connectivity index (χ0) is 19.8. The van der Waals surface area contributed by atoms with Gasteiger partial charge in [0.2, 0.25) is 0 Å². The van der Waals surface area contributed by atoms with Crippen molar-refractivity contribution in [2.75, 3.05) is 0 Å². The predicted octanol–water partition coefficient (Wildman–Crippen LogP) is 3.58. The van der Waals surface area contributed by atoms with Gasteiger partial charge in [0.15, 0.2) is 0 Å². The molecular formula is C21H14N2O5. The largest absolute Gasteiger partial charge is 0.478 e. The van der Waals surface area contributed by atoms with E-state index in [4.69, 9.17) is 9.52 Å². The van der Waals surface area contributed by atoms with Gasteiger partial charge in [-0.15, -0.1) is 0 Å². The lowest BCUT2D eigenvalue weighted by Gasteiger charge is -2.05. The summed E-state index contributed by atoms with van der Waals surface area (Å²) in [5, 5.41) is 13.8. The number of amides is 2. The summed E-state index contributed by atoms with van der Waals surface area (Å²) in [6, 6.07) is 14.6. The van der Waals surface area contributed by atoms with E-state index in [0.717, 1.165) is 16.1 Å². The van der Waals surface area contributed by atoms with E-state index in [1.807, 2.05) is 0 Å². The fourth-order valence-corrected chi connectivity index (χ4v) is 3.04. The fraction of sp³-hybridized carbons (Fsp3) is 0.0476. The van der Waals surface area contributed by atoms with Gasteiger partial charge >= 0.3 is 5.97 Å². The molecule has 0 radical (unpaired) electrons. The van der Waals surface area contributed by atoms with Crippen LogP contribution in [0, 0.1) is 6.92 Å². The normalized spacial score (nSPS) is 13.4. The van der Waals surface area contributed by atoms with Crippen LogP contribution < -0.4 is 0 Å². The number of hydrazone groups is 1. The van der Waals surface area contributed by atoms with Crippen LogP contribution in [0.1, 0.15) is 42.4 Å². The summed E-state index contributed by atoms with van der Waals surface area (Å²) in [6.07, 6.45) is 1.30. The zero-order valence-corrected chi connectivity index (χ0v) is 14.7. The monoisotopic (exact) mass is 374 g/mol. The summed E-state index contributed by atoms with van der Waals surface area (Å²) in [5.41, 5.74) is 2.32. The molecule has 3 aromatic rings. The molecule has 4 rings (SSSR count).